The summed E-state index contributed by atoms with van der Waals surface area (Å²) in [5.41, 5.74) is 2.66. The molecule has 0 atom stereocenters. The minimum Gasteiger partial charge on any atom is -0.335 e. The highest BCUT2D eigenvalue weighted by atomic mass is 16.2. The average Bonchev–Trinajstić information content (AvgIpc) is 2.62. The molecule has 27 heavy (non-hydrogen) atoms. The van der Waals surface area contributed by atoms with Gasteiger partial charge in [-0.25, -0.2) is 0 Å². The number of hydrogen-bond acceptors (Lipinski definition) is 2. The van der Waals surface area contributed by atoms with E-state index in [1.807, 2.05) is 76.2 Å². The van der Waals surface area contributed by atoms with Gasteiger partial charge in [-0.05, 0) is 64.3 Å². The van der Waals surface area contributed by atoms with Crippen molar-refractivity contribution in [1.29, 1.82) is 0 Å². The van der Waals surface area contributed by atoms with Crippen LogP contribution in [0.4, 0.5) is 5.69 Å². The molecule has 0 fully saturated rings. The molecule has 144 valence electrons. The van der Waals surface area contributed by atoms with Crippen molar-refractivity contribution in [2.75, 3.05) is 5.32 Å². The number of nitrogens with one attached hydrogen (secondary N) is 1. The molecule has 0 aliphatic carbocycles. The number of carbonyl (C=O) groups excluding carboxylic acids is 2. The molecule has 0 aliphatic rings. The molecule has 0 saturated carbocycles. The molecule has 0 aromatic heterocycles. The summed E-state index contributed by atoms with van der Waals surface area (Å²) < 4.78 is 0. The van der Waals surface area contributed by atoms with E-state index in [1.165, 1.54) is 0 Å². The summed E-state index contributed by atoms with van der Waals surface area (Å²) >= 11 is 0. The third kappa shape index (κ3) is 4.97. The maximum absolute atomic E-state index is 13.3. The van der Waals surface area contributed by atoms with E-state index in [1.54, 1.807) is 18.7 Å². The van der Waals surface area contributed by atoms with Crippen LogP contribution in [-0.2, 0) is 16.1 Å². The fourth-order valence-electron chi connectivity index (χ4n) is 2.87. The number of anilines is 1. The molecule has 2 aromatic carbocycles. The van der Waals surface area contributed by atoms with E-state index >= 15 is 0 Å². The second-order valence-electron chi connectivity index (χ2n) is 7.91. The highest BCUT2D eigenvalue weighted by Crippen LogP contribution is 2.26. The number of nitrogens with zero attached hydrogens (tertiary/aromatic N) is 1. The first-order chi connectivity index (χ1) is 12.6. The molecule has 1 N–H and O–H groups in total. The summed E-state index contributed by atoms with van der Waals surface area (Å²) in [6.07, 6.45) is 0. The molecule has 0 heterocycles. The van der Waals surface area contributed by atoms with Crippen LogP contribution >= 0.6 is 0 Å². The van der Waals surface area contributed by atoms with Crippen molar-refractivity contribution >= 4 is 17.5 Å². The number of carbonyl (C=O) groups is 2. The van der Waals surface area contributed by atoms with Gasteiger partial charge in [0, 0.05) is 18.3 Å². The van der Waals surface area contributed by atoms with Crippen LogP contribution in [0.15, 0.2) is 48.5 Å². The monoisotopic (exact) mass is 366 g/mol. The number of hydrogen-bond donors (Lipinski definition) is 1. The molecule has 0 radical (unpaired) electrons. The molecular formula is C23H30N2O2. The molecule has 0 spiro atoms. The van der Waals surface area contributed by atoms with E-state index in [-0.39, 0.29) is 17.9 Å². The highest BCUT2D eigenvalue weighted by molar-refractivity contribution is 6.10. The Hall–Kier alpha value is -2.62. The summed E-state index contributed by atoms with van der Waals surface area (Å²) in [6, 6.07) is 15.7. The molecule has 4 nitrogen and oxygen atoms in total. The first kappa shape index (κ1) is 20.7. The first-order valence-corrected chi connectivity index (χ1v) is 9.36. The minimum absolute atomic E-state index is 0.00881. The van der Waals surface area contributed by atoms with E-state index in [9.17, 15) is 9.59 Å². The van der Waals surface area contributed by atoms with Crippen LogP contribution in [0.5, 0.6) is 0 Å². The molecule has 0 unspecified atom stereocenters. The van der Waals surface area contributed by atoms with Crippen LogP contribution in [0.3, 0.4) is 0 Å². The lowest BCUT2D eigenvalue weighted by atomic mass is 9.89. The lowest BCUT2D eigenvalue weighted by Crippen LogP contribution is -2.49. The van der Waals surface area contributed by atoms with Crippen LogP contribution in [0.25, 0.3) is 0 Å². The van der Waals surface area contributed by atoms with Gasteiger partial charge in [0.05, 0.1) is 0 Å². The van der Waals surface area contributed by atoms with E-state index < -0.39 is 5.41 Å². The fourth-order valence-corrected chi connectivity index (χ4v) is 2.87. The SMILES string of the molecule is Cc1ccc(C)c(NC(=O)C(C)(C)C(=O)N(Cc2ccccc2)C(C)C)c1. The topological polar surface area (TPSA) is 49.4 Å². The Morgan fingerprint density at radius 3 is 2.26 bits per heavy atom. The minimum atomic E-state index is -1.17. The van der Waals surface area contributed by atoms with Gasteiger partial charge in [-0.15, -0.1) is 0 Å². The third-order valence-corrected chi connectivity index (χ3v) is 4.82. The van der Waals surface area contributed by atoms with Gasteiger partial charge in [-0.3, -0.25) is 9.59 Å². The normalized spacial score (nSPS) is 11.4. The largest absolute Gasteiger partial charge is 0.335 e. The lowest BCUT2D eigenvalue weighted by Gasteiger charge is -2.34. The molecule has 4 heteroatoms. The summed E-state index contributed by atoms with van der Waals surface area (Å²) in [4.78, 5) is 28.0. The van der Waals surface area contributed by atoms with Gasteiger partial charge in [0.2, 0.25) is 11.8 Å². The third-order valence-electron chi connectivity index (χ3n) is 4.82. The summed E-state index contributed by atoms with van der Waals surface area (Å²) in [6.45, 7) is 11.7. The summed E-state index contributed by atoms with van der Waals surface area (Å²) in [5, 5.41) is 2.94. The standard InChI is InChI=1S/C23H30N2O2/c1-16(2)25(15-19-10-8-7-9-11-19)22(27)23(5,6)21(26)24-20-14-17(3)12-13-18(20)4/h7-14,16H,15H2,1-6H3,(H,24,26). The van der Waals surface area contributed by atoms with Crippen molar-refractivity contribution in [2.45, 2.75) is 54.1 Å². The predicted molar refractivity (Wildman–Crippen MR) is 110 cm³/mol. The fraction of sp³-hybridized carbons (Fsp3) is 0.391. The van der Waals surface area contributed by atoms with Gasteiger partial charge in [0.25, 0.3) is 0 Å². The van der Waals surface area contributed by atoms with E-state index in [4.69, 9.17) is 0 Å². The van der Waals surface area contributed by atoms with Gasteiger partial charge < -0.3 is 10.2 Å². The zero-order valence-electron chi connectivity index (χ0n) is 17.2. The van der Waals surface area contributed by atoms with Gasteiger partial charge in [-0.2, -0.15) is 0 Å². The van der Waals surface area contributed by atoms with Gasteiger partial charge >= 0.3 is 0 Å². The lowest BCUT2D eigenvalue weighted by molar-refractivity contribution is -0.148. The molecule has 2 rings (SSSR count). The maximum Gasteiger partial charge on any atom is 0.239 e. The van der Waals surface area contributed by atoms with Crippen molar-refractivity contribution in [1.82, 2.24) is 4.90 Å². The summed E-state index contributed by atoms with van der Waals surface area (Å²) in [7, 11) is 0. The van der Waals surface area contributed by atoms with Crippen LogP contribution < -0.4 is 5.32 Å². The second-order valence-corrected chi connectivity index (χ2v) is 7.91. The number of benzene rings is 2. The highest BCUT2D eigenvalue weighted by Gasteiger charge is 2.40. The zero-order chi connectivity index (χ0) is 20.2. The van der Waals surface area contributed by atoms with E-state index in [0.717, 1.165) is 22.4 Å². The van der Waals surface area contributed by atoms with Crippen LogP contribution in [-0.4, -0.2) is 22.8 Å². The molecular weight excluding hydrogens is 336 g/mol. The Bertz CT molecular complexity index is 810. The zero-order valence-corrected chi connectivity index (χ0v) is 17.2. The molecule has 0 bridgehead atoms. The van der Waals surface area contributed by atoms with Crippen LogP contribution in [0.2, 0.25) is 0 Å². The van der Waals surface area contributed by atoms with Crippen LogP contribution in [0, 0.1) is 19.3 Å². The van der Waals surface area contributed by atoms with Gasteiger partial charge in [0.1, 0.15) is 5.41 Å². The second kappa shape index (κ2) is 8.38. The number of rotatable bonds is 6. The predicted octanol–water partition coefficient (Wildman–Crippen LogP) is 4.71. The van der Waals surface area contributed by atoms with E-state index in [2.05, 4.69) is 5.32 Å². The number of amides is 2. The quantitative estimate of drug-likeness (QED) is 0.753. The van der Waals surface area contributed by atoms with Crippen molar-refractivity contribution in [3.05, 3.63) is 65.2 Å². The van der Waals surface area contributed by atoms with Crippen molar-refractivity contribution in [3.63, 3.8) is 0 Å². The molecule has 2 aromatic rings. The Morgan fingerprint density at radius 2 is 1.67 bits per heavy atom. The van der Waals surface area contributed by atoms with Crippen molar-refractivity contribution in [2.24, 2.45) is 5.41 Å². The Kier molecular flexibility index (Phi) is 6.42. The molecule has 0 saturated heterocycles. The average molecular weight is 367 g/mol. The Labute approximate surface area is 162 Å². The van der Waals surface area contributed by atoms with Crippen molar-refractivity contribution < 1.29 is 9.59 Å². The van der Waals surface area contributed by atoms with Crippen molar-refractivity contribution in [3.8, 4) is 0 Å². The smallest absolute Gasteiger partial charge is 0.239 e. The first-order valence-electron chi connectivity index (χ1n) is 9.36. The van der Waals surface area contributed by atoms with E-state index in [0.29, 0.717) is 6.54 Å². The number of aryl methyl sites for hydroxylation is 2. The van der Waals surface area contributed by atoms with Crippen LogP contribution in [0.1, 0.15) is 44.4 Å². The van der Waals surface area contributed by atoms with Gasteiger partial charge in [-0.1, -0.05) is 42.5 Å². The maximum atomic E-state index is 13.3. The molecule has 0 aliphatic heterocycles. The Morgan fingerprint density at radius 1 is 1.04 bits per heavy atom. The summed E-state index contributed by atoms with van der Waals surface area (Å²) in [5.74, 6) is -0.468. The van der Waals surface area contributed by atoms with Gasteiger partial charge in [0.15, 0.2) is 0 Å². The Balaban J connectivity index is 2.22. The molecule has 2 amide bonds.